The second-order valence-electron chi connectivity index (χ2n) is 16.2. The molecular formula is C45H51N9O6. The van der Waals surface area contributed by atoms with Gasteiger partial charge >= 0.3 is 12.2 Å². The Hall–Kier alpha value is -6.69. The number of hydrogen-bond acceptors (Lipinski definition) is 9. The molecule has 0 bridgehead atoms. The Kier molecular flexibility index (Phi) is 12.2. The standard InChI is InChI=1S/C45H51N9O6/c1-25(2)38(51-44(57)59-5)42(55)53-17-7-8-36(53)40-47-23-35(50-40)33-16-15-31-19-30(13-14-32(31)20-33)28-9-11-29(12-10-28)34-22-48-41(49-34)37-18-27(21-46)24-54(37)43(56)39(26(3)4)52-45(58)60-6/h9-16,19-20,22-23,25-27,36-39H,7-8,17-18,24H2,1-6H3,(H,47,50)(H,48,49)(H,51,57)(H,52,58)/t27?,36-,37-,38-,39-/m0/s1. The van der Waals surface area contributed by atoms with E-state index in [4.69, 9.17) is 14.5 Å². The van der Waals surface area contributed by atoms with E-state index in [1.54, 1.807) is 16.0 Å². The van der Waals surface area contributed by atoms with Crippen LogP contribution in [-0.2, 0) is 19.1 Å². The molecule has 3 aromatic carbocycles. The van der Waals surface area contributed by atoms with Crippen LogP contribution in [0.15, 0.2) is 73.1 Å². The summed E-state index contributed by atoms with van der Waals surface area (Å²) in [4.78, 5) is 71.0. The second kappa shape index (κ2) is 17.7. The van der Waals surface area contributed by atoms with E-state index in [1.807, 2.05) is 46.0 Å². The molecule has 2 aliphatic rings. The SMILES string of the molecule is COC(=O)N[C@H](C(=O)N1CCC[C@H]1c1ncc(-c2ccc3cc(-c4ccc(-c5cnc([C@@H]6CC(C#N)CN6C(=O)[C@@H](NC(=O)OC)C(C)C)[nH]5)cc4)ccc3c2)[nH]1)C(C)C. The molecule has 312 valence electrons. The van der Waals surface area contributed by atoms with Crippen LogP contribution in [-0.4, -0.2) is 93.1 Å². The number of aromatic amines is 2. The van der Waals surface area contributed by atoms with E-state index < -0.39 is 30.3 Å². The molecule has 0 saturated carbocycles. The molecule has 5 atom stereocenters. The van der Waals surface area contributed by atoms with Gasteiger partial charge in [-0.3, -0.25) is 9.59 Å². The zero-order valence-electron chi connectivity index (χ0n) is 34.7. The number of benzene rings is 3. The van der Waals surface area contributed by atoms with E-state index in [1.165, 1.54) is 14.2 Å². The molecule has 2 aromatic heterocycles. The molecule has 4 heterocycles. The van der Waals surface area contributed by atoms with Gasteiger partial charge in [-0.2, -0.15) is 5.26 Å². The Bertz CT molecular complexity index is 2410. The minimum Gasteiger partial charge on any atom is -0.453 e. The molecule has 15 heteroatoms. The average molecular weight is 814 g/mol. The monoisotopic (exact) mass is 813 g/mol. The lowest BCUT2D eigenvalue weighted by atomic mass is 9.98. The van der Waals surface area contributed by atoms with Crippen LogP contribution in [0.25, 0.3) is 44.4 Å². The van der Waals surface area contributed by atoms with Gasteiger partial charge < -0.3 is 39.9 Å². The van der Waals surface area contributed by atoms with Gasteiger partial charge in [-0.05, 0) is 70.7 Å². The summed E-state index contributed by atoms with van der Waals surface area (Å²) in [6.07, 6.45) is 4.28. The summed E-state index contributed by atoms with van der Waals surface area (Å²) < 4.78 is 9.52. The highest BCUT2D eigenvalue weighted by atomic mass is 16.5. The van der Waals surface area contributed by atoms with Gasteiger partial charge in [0, 0.05) is 18.7 Å². The van der Waals surface area contributed by atoms with Gasteiger partial charge in [0.15, 0.2) is 0 Å². The smallest absolute Gasteiger partial charge is 0.407 e. The summed E-state index contributed by atoms with van der Waals surface area (Å²) in [7, 11) is 2.54. The van der Waals surface area contributed by atoms with Gasteiger partial charge in [0.2, 0.25) is 11.8 Å². The van der Waals surface area contributed by atoms with Crippen LogP contribution in [0.3, 0.4) is 0 Å². The Labute approximate surface area is 348 Å². The van der Waals surface area contributed by atoms with E-state index in [0.717, 1.165) is 63.1 Å². The molecule has 0 spiro atoms. The molecular weight excluding hydrogens is 763 g/mol. The Balaban J connectivity index is 1.04. The first-order chi connectivity index (χ1) is 28.9. The number of methoxy groups -OCH3 is 2. The summed E-state index contributed by atoms with van der Waals surface area (Å²) in [5.74, 6) is 0.203. The summed E-state index contributed by atoms with van der Waals surface area (Å²) in [5, 5.41) is 17.2. The maximum absolute atomic E-state index is 13.7. The first-order valence-corrected chi connectivity index (χ1v) is 20.3. The number of alkyl carbamates (subject to hydrolysis) is 2. The van der Waals surface area contributed by atoms with Crippen molar-refractivity contribution in [2.45, 2.75) is 71.1 Å². The topological polar surface area (TPSA) is 198 Å². The lowest BCUT2D eigenvalue weighted by Gasteiger charge is -2.30. The molecule has 15 nitrogen and oxygen atoms in total. The van der Waals surface area contributed by atoms with Crippen LogP contribution in [0, 0.1) is 29.1 Å². The molecule has 5 aromatic rings. The van der Waals surface area contributed by atoms with Crippen molar-refractivity contribution < 1.29 is 28.7 Å². The van der Waals surface area contributed by atoms with E-state index in [0.29, 0.717) is 18.8 Å². The lowest BCUT2D eigenvalue weighted by Crippen LogP contribution is -2.51. The average Bonchev–Trinajstić information content (AvgIpc) is 4.10. The number of nitrogens with one attached hydrogen (secondary N) is 4. The van der Waals surface area contributed by atoms with Crippen molar-refractivity contribution in [3.63, 3.8) is 0 Å². The van der Waals surface area contributed by atoms with Gasteiger partial charge in [0.05, 0.1) is 62.1 Å². The van der Waals surface area contributed by atoms with Crippen molar-refractivity contribution in [1.29, 1.82) is 5.26 Å². The fraction of sp³-hybridized carbons (Fsp3) is 0.400. The first-order valence-electron chi connectivity index (χ1n) is 20.3. The maximum atomic E-state index is 13.7. The third kappa shape index (κ3) is 8.54. The number of amides is 4. The van der Waals surface area contributed by atoms with Crippen molar-refractivity contribution in [3.8, 4) is 39.7 Å². The van der Waals surface area contributed by atoms with Gasteiger partial charge in [-0.1, -0.05) is 76.2 Å². The predicted octanol–water partition coefficient (Wildman–Crippen LogP) is 7.12. The number of fused-ring (bicyclic) bond motifs is 1. The molecule has 1 unspecified atom stereocenters. The minimum atomic E-state index is -0.808. The Morgan fingerprint density at radius 1 is 0.717 bits per heavy atom. The number of carbonyl (C=O) groups excluding carboxylic acids is 4. The third-order valence-electron chi connectivity index (χ3n) is 11.6. The van der Waals surface area contributed by atoms with Crippen LogP contribution in [0.5, 0.6) is 0 Å². The number of imidazole rings is 2. The van der Waals surface area contributed by atoms with Gasteiger partial charge in [0.25, 0.3) is 0 Å². The maximum Gasteiger partial charge on any atom is 0.407 e. The number of carbonyl (C=O) groups is 4. The van der Waals surface area contributed by atoms with Gasteiger partial charge in [-0.15, -0.1) is 0 Å². The first kappa shape index (κ1) is 41.5. The number of nitriles is 1. The molecule has 60 heavy (non-hydrogen) atoms. The molecule has 2 fully saturated rings. The van der Waals surface area contributed by atoms with Gasteiger partial charge in [0.1, 0.15) is 23.7 Å². The molecule has 7 rings (SSSR count). The van der Waals surface area contributed by atoms with Crippen molar-refractivity contribution >= 4 is 34.8 Å². The van der Waals surface area contributed by atoms with Crippen molar-refractivity contribution in [2.24, 2.45) is 17.8 Å². The molecule has 2 saturated heterocycles. The zero-order valence-corrected chi connectivity index (χ0v) is 34.7. The Morgan fingerprint density at radius 3 is 1.78 bits per heavy atom. The van der Waals surface area contributed by atoms with Crippen LogP contribution < -0.4 is 10.6 Å². The fourth-order valence-corrected chi connectivity index (χ4v) is 8.24. The largest absolute Gasteiger partial charge is 0.453 e. The number of nitrogens with zero attached hydrogens (tertiary/aromatic N) is 5. The number of hydrogen-bond donors (Lipinski definition) is 4. The normalized spacial score (nSPS) is 18.7. The molecule has 2 aliphatic heterocycles. The highest BCUT2D eigenvalue weighted by Crippen LogP contribution is 2.37. The number of rotatable bonds is 11. The lowest BCUT2D eigenvalue weighted by molar-refractivity contribution is -0.136. The number of ether oxygens (including phenoxy) is 2. The van der Waals surface area contributed by atoms with Crippen LogP contribution >= 0.6 is 0 Å². The quantitative estimate of drug-likeness (QED) is 0.107. The third-order valence-corrected chi connectivity index (χ3v) is 11.6. The van der Waals surface area contributed by atoms with E-state index in [-0.39, 0.29) is 42.2 Å². The van der Waals surface area contributed by atoms with Crippen molar-refractivity contribution in [2.75, 3.05) is 27.3 Å². The van der Waals surface area contributed by atoms with Crippen molar-refractivity contribution in [3.05, 3.63) is 84.7 Å². The predicted molar refractivity (Wildman–Crippen MR) is 225 cm³/mol. The fourth-order valence-electron chi connectivity index (χ4n) is 8.24. The molecule has 0 radical (unpaired) electrons. The number of likely N-dealkylation sites (tertiary alicyclic amines) is 2. The van der Waals surface area contributed by atoms with E-state index in [9.17, 15) is 24.4 Å². The van der Waals surface area contributed by atoms with Crippen molar-refractivity contribution in [1.82, 2.24) is 40.4 Å². The number of aromatic nitrogens is 4. The summed E-state index contributed by atoms with van der Waals surface area (Å²) in [5.41, 5.74) is 5.64. The molecule has 4 N–H and O–H groups in total. The summed E-state index contributed by atoms with van der Waals surface area (Å²) >= 11 is 0. The van der Waals surface area contributed by atoms with Crippen LogP contribution in [0.2, 0.25) is 0 Å². The van der Waals surface area contributed by atoms with Crippen LogP contribution in [0.1, 0.15) is 70.7 Å². The summed E-state index contributed by atoms with van der Waals surface area (Å²) in [6.45, 7) is 8.33. The Morgan fingerprint density at radius 2 is 1.22 bits per heavy atom. The minimum absolute atomic E-state index is 0.114. The van der Waals surface area contributed by atoms with E-state index in [2.05, 4.69) is 80.2 Å². The second-order valence-corrected chi connectivity index (χ2v) is 16.2. The zero-order chi connectivity index (χ0) is 42.7. The van der Waals surface area contributed by atoms with Gasteiger partial charge in [-0.25, -0.2) is 19.6 Å². The highest BCUT2D eigenvalue weighted by molar-refractivity contribution is 5.91. The highest BCUT2D eigenvalue weighted by Gasteiger charge is 2.42. The number of H-pyrrole nitrogens is 2. The summed E-state index contributed by atoms with van der Waals surface area (Å²) in [6, 6.07) is 20.9. The molecule has 0 aliphatic carbocycles. The molecule has 4 amide bonds. The van der Waals surface area contributed by atoms with Crippen LogP contribution in [0.4, 0.5) is 9.59 Å². The van der Waals surface area contributed by atoms with E-state index >= 15 is 0 Å².